The maximum Gasteiger partial charge on any atom is 0.308 e. The summed E-state index contributed by atoms with van der Waals surface area (Å²) in [4.78, 5) is 37.5. The number of rotatable bonds is 8. The van der Waals surface area contributed by atoms with Gasteiger partial charge in [0.25, 0.3) is 5.91 Å². The van der Waals surface area contributed by atoms with Crippen molar-refractivity contribution in [1.29, 1.82) is 0 Å². The highest BCUT2D eigenvalue weighted by molar-refractivity contribution is 6.42. The van der Waals surface area contributed by atoms with Gasteiger partial charge in [-0.3, -0.25) is 9.59 Å². The summed E-state index contributed by atoms with van der Waals surface area (Å²) in [5.41, 5.74) is 2.56. The van der Waals surface area contributed by atoms with Crippen LogP contribution in [0.5, 0.6) is 0 Å². The van der Waals surface area contributed by atoms with Crippen molar-refractivity contribution in [2.75, 3.05) is 55.5 Å². The van der Waals surface area contributed by atoms with Gasteiger partial charge in [0.2, 0.25) is 0 Å². The molecule has 0 radical (unpaired) electrons. The molecule has 2 N–H and O–H groups in total. The Kier molecular flexibility index (Phi) is 8.48. The summed E-state index contributed by atoms with van der Waals surface area (Å²) in [7, 11) is 3.68. The maximum atomic E-state index is 12.6. The van der Waals surface area contributed by atoms with Gasteiger partial charge < -0.3 is 25.0 Å². The Labute approximate surface area is 225 Å². The molecule has 0 spiro atoms. The highest BCUT2D eigenvalue weighted by Crippen LogP contribution is 2.29. The lowest BCUT2D eigenvalue weighted by molar-refractivity contribution is -0.136. The van der Waals surface area contributed by atoms with Crippen molar-refractivity contribution < 1.29 is 19.4 Å². The standard InChI is InChI=1S/C26H27Cl2N5O4/c1-32(2)24-19(15-23(34)35)25(33-9-11-37-12-10-33)31-22(30-24)13-16-3-6-18(7-4-16)29-26(36)17-5-8-20(27)21(28)14-17/h3-8,14H,9-13,15H2,1-2H3,(H,29,36)(H,34,35). The molecule has 1 saturated heterocycles. The molecule has 0 atom stereocenters. The van der Waals surface area contributed by atoms with Crippen LogP contribution in [0.4, 0.5) is 17.3 Å². The largest absolute Gasteiger partial charge is 0.481 e. The number of carbonyl (C=O) groups is 2. The minimum atomic E-state index is -0.938. The first kappa shape index (κ1) is 26.7. The van der Waals surface area contributed by atoms with E-state index in [1.807, 2.05) is 31.1 Å². The molecule has 1 aliphatic heterocycles. The fourth-order valence-electron chi connectivity index (χ4n) is 4.03. The fourth-order valence-corrected chi connectivity index (χ4v) is 4.33. The van der Waals surface area contributed by atoms with Crippen LogP contribution in [0, 0.1) is 0 Å². The van der Waals surface area contributed by atoms with Gasteiger partial charge in [0.15, 0.2) is 0 Å². The average molecular weight is 544 g/mol. The third kappa shape index (κ3) is 6.68. The molecule has 9 nitrogen and oxygen atoms in total. The number of carboxylic acids is 1. The predicted octanol–water partition coefficient (Wildman–Crippen LogP) is 4.16. The Morgan fingerprint density at radius 2 is 1.76 bits per heavy atom. The Hall–Kier alpha value is -3.40. The van der Waals surface area contributed by atoms with Crippen molar-refractivity contribution >= 4 is 52.4 Å². The number of hydrogen-bond acceptors (Lipinski definition) is 7. The van der Waals surface area contributed by atoms with E-state index in [1.165, 1.54) is 6.07 Å². The Morgan fingerprint density at radius 1 is 1.05 bits per heavy atom. The third-order valence-electron chi connectivity index (χ3n) is 5.83. The van der Waals surface area contributed by atoms with E-state index in [1.54, 1.807) is 24.3 Å². The molecule has 1 fully saturated rings. The first-order valence-electron chi connectivity index (χ1n) is 11.7. The van der Waals surface area contributed by atoms with Crippen LogP contribution in [0.1, 0.15) is 27.3 Å². The molecule has 1 aliphatic rings. The summed E-state index contributed by atoms with van der Waals surface area (Å²) in [6.45, 7) is 2.36. The number of hydrogen-bond donors (Lipinski definition) is 2. The number of halogens is 2. The van der Waals surface area contributed by atoms with Gasteiger partial charge in [-0.15, -0.1) is 0 Å². The van der Waals surface area contributed by atoms with E-state index in [4.69, 9.17) is 37.9 Å². The van der Waals surface area contributed by atoms with Crippen molar-refractivity contribution in [2.24, 2.45) is 0 Å². The van der Waals surface area contributed by atoms with E-state index in [9.17, 15) is 14.7 Å². The lowest BCUT2D eigenvalue weighted by atomic mass is 10.1. The van der Waals surface area contributed by atoms with Gasteiger partial charge in [-0.2, -0.15) is 0 Å². The van der Waals surface area contributed by atoms with Crippen LogP contribution in [0.25, 0.3) is 0 Å². The summed E-state index contributed by atoms with van der Waals surface area (Å²) in [6.07, 6.45) is 0.264. The Morgan fingerprint density at radius 3 is 2.38 bits per heavy atom. The molecule has 0 bridgehead atoms. The quantitative estimate of drug-likeness (QED) is 0.436. The highest BCUT2D eigenvalue weighted by atomic mass is 35.5. The second-order valence-electron chi connectivity index (χ2n) is 8.79. The first-order valence-corrected chi connectivity index (χ1v) is 12.4. The maximum absolute atomic E-state index is 12.6. The second-order valence-corrected chi connectivity index (χ2v) is 9.60. The second kappa shape index (κ2) is 11.8. The van der Waals surface area contributed by atoms with Gasteiger partial charge in [-0.1, -0.05) is 35.3 Å². The molecule has 4 rings (SSSR count). The highest BCUT2D eigenvalue weighted by Gasteiger charge is 2.24. The topological polar surface area (TPSA) is 108 Å². The normalized spacial score (nSPS) is 13.4. The molecule has 0 unspecified atom stereocenters. The average Bonchev–Trinajstić information content (AvgIpc) is 2.87. The van der Waals surface area contributed by atoms with E-state index < -0.39 is 5.97 Å². The lowest BCUT2D eigenvalue weighted by Gasteiger charge is -2.31. The number of anilines is 3. The summed E-state index contributed by atoms with van der Waals surface area (Å²) in [6, 6.07) is 12.1. The first-order chi connectivity index (χ1) is 17.7. The van der Waals surface area contributed by atoms with Crippen LogP contribution < -0.4 is 15.1 Å². The van der Waals surface area contributed by atoms with Crippen molar-refractivity contribution in [2.45, 2.75) is 12.8 Å². The lowest BCUT2D eigenvalue weighted by Crippen LogP contribution is -2.38. The number of ether oxygens (including phenoxy) is 1. The third-order valence-corrected chi connectivity index (χ3v) is 6.57. The molecule has 0 aliphatic carbocycles. The van der Waals surface area contributed by atoms with Gasteiger partial charge in [-0.25, -0.2) is 9.97 Å². The molecule has 1 aromatic heterocycles. The van der Waals surface area contributed by atoms with Crippen LogP contribution in [0.15, 0.2) is 42.5 Å². The number of amides is 1. The zero-order valence-electron chi connectivity index (χ0n) is 20.5. The van der Waals surface area contributed by atoms with Crippen LogP contribution >= 0.6 is 23.2 Å². The minimum Gasteiger partial charge on any atom is -0.481 e. The van der Waals surface area contributed by atoms with E-state index in [0.29, 0.717) is 77.0 Å². The molecule has 194 valence electrons. The Balaban J connectivity index is 1.56. The molecular weight excluding hydrogens is 517 g/mol. The van der Waals surface area contributed by atoms with Crippen molar-refractivity contribution in [1.82, 2.24) is 9.97 Å². The van der Waals surface area contributed by atoms with Gasteiger partial charge in [0, 0.05) is 50.4 Å². The van der Waals surface area contributed by atoms with Gasteiger partial charge in [-0.05, 0) is 35.9 Å². The molecule has 0 saturated carbocycles. The zero-order valence-corrected chi connectivity index (χ0v) is 22.0. The minimum absolute atomic E-state index is 0.173. The zero-order chi connectivity index (χ0) is 26.5. The summed E-state index contributed by atoms with van der Waals surface area (Å²) in [5.74, 6) is 0.554. The van der Waals surface area contributed by atoms with Crippen LogP contribution in [-0.4, -0.2) is 67.3 Å². The molecular formula is C26H27Cl2N5O4. The smallest absolute Gasteiger partial charge is 0.308 e. The molecule has 11 heteroatoms. The number of morpholine rings is 1. The van der Waals surface area contributed by atoms with Crippen LogP contribution in [0.3, 0.4) is 0 Å². The molecule has 37 heavy (non-hydrogen) atoms. The number of nitrogens with zero attached hydrogens (tertiary/aromatic N) is 4. The van der Waals surface area contributed by atoms with Gasteiger partial charge in [0.05, 0.1) is 29.7 Å². The number of carboxylic acid groups (broad SMARTS) is 1. The number of nitrogens with one attached hydrogen (secondary N) is 1. The van der Waals surface area contributed by atoms with E-state index in [0.717, 1.165) is 5.56 Å². The van der Waals surface area contributed by atoms with Gasteiger partial charge in [0.1, 0.15) is 17.5 Å². The fraction of sp³-hybridized carbons (Fsp3) is 0.308. The number of carbonyl (C=O) groups excluding carboxylic acids is 1. The predicted molar refractivity (Wildman–Crippen MR) is 144 cm³/mol. The number of benzene rings is 2. The van der Waals surface area contributed by atoms with Crippen LogP contribution in [-0.2, 0) is 22.4 Å². The van der Waals surface area contributed by atoms with Crippen molar-refractivity contribution in [3.05, 3.63) is 75.0 Å². The van der Waals surface area contributed by atoms with Crippen LogP contribution in [0.2, 0.25) is 10.0 Å². The molecule has 3 aromatic rings. The number of aliphatic carboxylic acids is 1. The monoisotopic (exact) mass is 543 g/mol. The molecule has 2 aromatic carbocycles. The van der Waals surface area contributed by atoms with Crippen molar-refractivity contribution in [3.8, 4) is 0 Å². The van der Waals surface area contributed by atoms with E-state index in [2.05, 4.69) is 10.2 Å². The van der Waals surface area contributed by atoms with Gasteiger partial charge >= 0.3 is 5.97 Å². The Bertz CT molecular complexity index is 1290. The summed E-state index contributed by atoms with van der Waals surface area (Å²) < 4.78 is 5.47. The molecule has 2 heterocycles. The van der Waals surface area contributed by atoms with E-state index in [-0.39, 0.29) is 12.3 Å². The summed E-state index contributed by atoms with van der Waals surface area (Å²) >= 11 is 11.9. The van der Waals surface area contributed by atoms with E-state index >= 15 is 0 Å². The van der Waals surface area contributed by atoms with Crippen molar-refractivity contribution in [3.63, 3.8) is 0 Å². The molecule has 1 amide bonds. The SMILES string of the molecule is CN(C)c1nc(Cc2ccc(NC(=O)c3ccc(Cl)c(Cl)c3)cc2)nc(N2CCOCC2)c1CC(=O)O. The number of aromatic nitrogens is 2. The summed E-state index contributed by atoms with van der Waals surface area (Å²) in [5, 5.41) is 13.1.